The summed E-state index contributed by atoms with van der Waals surface area (Å²) in [6, 6.07) is 15.2. The smallest absolute Gasteiger partial charge is 0.356 e. The highest BCUT2D eigenvalue weighted by atomic mass is 32.2. The van der Waals surface area contributed by atoms with Crippen LogP contribution in [0.1, 0.15) is 43.7 Å². The fraction of sp³-hybridized carbons (Fsp3) is 0.200. The number of amides is 2. The second-order valence-corrected chi connectivity index (χ2v) is 9.15. The lowest BCUT2D eigenvalue weighted by atomic mass is 10.1. The summed E-state index contributed by atoms with van der Waals surface area (Å²) < 4.78 is 37.1. The Kier molecular flexibility index (Phi) is 8.74. The number of pyridine rings is 1. The molecular formula is C25H25N3O7S. The van der Waals surface area contributed by atoms with Crippen molar-refractivity contribution in [2.24, 2.45) is 0 Å². The Bertz CT molecular complexity index is 1320. The van der Waals surface area contributed by atoms with E-state index in [0.29, 0.717) is 13.0 Å². The molecule has 10 nitrogen and oxygen atoms in total. The van der Waals surface area contributed by atoms with Crippen molar-refractivity contribution in [2.75, 3.05) is 20.3 Å². The fourth-order valence-corrected chi connectivity index (χ4v) is 4.07. The molecule has 188 valence electrons. The quantitative estimate of drug-likeness (QED) is 0.395. The number of methoxy groups -OCH3 is 1. The van der Waals surface area contributed by atoms with Gasteiger partial charge in [-0.3, -0.25) is 9.59 Å². The minimum absolute atomic E-state index is 0.00544. The van der Waals surface area contributed by atoms with Crippen molar-refractivity contribution >= 4 is 27.8 Å². The predicted octanol–water partition coefficient (Wildman–Crippen LogP) is 2.36. The topological polar surface area (TPSA) is 141 Å². The Morgan fingerprint density at radius 2 is 1.56 bits per heavy atom. The van der Waals surface area contributed by atoms with Crippen molar-refractivity contribution < 1.29 is 32.3 Å². The maximum Gasteiger partial charge on any atom is 0.356 e. The highest BCUT2D eigenvalue weighted by Crippen LogP contribution is 2.13. The first-order valence-electron chi connectivity index (χ1n) is 10.9. The van der Waals surface area contributed by atoms with Crippen LogP contribution < -0.4 is 14.8 Å². The van der Waals surface area contributed by atoms with Gasteiger partial charge < -0.3 is 14.8 Å². The molecule has 2 aromatic carbocycles. The number of rotatable bonds is 10. The molecule has 3 rings (SSSR count). The molecule has 0 aliphatic carbocycles. The minimum Gasteiger partial charge on any atom is -0.497 e. The molecular weight excluding hydrogens is 486 g/mol. The number of nitrogens with zero attached hydrogens (tertiary/aromatic N) is 1. The van der Waals surface area contributed by atoms with Gasteiger partial charge in [0.05, 0.1) is 24.2 Å². The van der Waals surface area contributed by atoms with Crippen LogP contribution in [0.3, 0.4) is 0 Å². The van der Waals surface area contributed by atoms with E-state index in [2.05, 4.69) is 10.3 Å². The number of carbonyl (C=O) groups is 3. The number of carbonyl (C=O) groups excluding carboxylic acids is 3. The van der Waals surface area contributed by atoms with Crippen LogP contribution in [0.5, 0.6) is 5.75 Å². The van der Waals surface area contributed by atoms with Crippen molar-refractivity contribution in [1.29, 1.82) is 0 Å². The van der Waals surface area contributed by atoms with Crippen molar-refractivity contribution in [3.8, 4) is 5.75 Å². The maximum atomic E-state index is 12.6. The second-order valence-electron chi connectivity index (χ2n) is 7.47. The van der Waals surface area contributed by atoms with Crippen LogP contribution in [0, 0.1) is 0 Å². The number of hydrogen-bond acceptors (Lipinski definition) is 8. The van der Waals surface area contributed by atoms with Gasteiger partial charge in [-0.2, -0.15) is 0 Å². The molecule has 2 N–H and O–H groups in total. The van der Waals surface area contributed by atoms with Crippen LogP contribution in [-0.4, -0.2) is 51.4 Å². The van der Waals surface area contributed by atoms with E-state index in [4.69, 9.17) is 9.47 Å². The Morgan fingerprint density at radius 3 is 2.14 bits per heavy atom. The fourth-order valence-electron chi connectivity index (χ4n) is 3.09. The Labute approximate surface area is 208 Å². The lowest BCUT2D eigenvalue weighted by Gasteiger charge is -2.09. The Balaban J connectivity index is 1.56. The van der Waals surface area contributed by atoms with Crippen molar-refractivity contribution in [1.82, 2.24) is 15.0 Å². The number of ether oxygens (including phenoxy) is 2. The van der Waals surface area contributed by atoms with Crippen LogP contribution in [0.4, 0.5) is 0 Å². The molecule has 0 saturated carbocycles. The monoisotopic (exact) mass is 511 g/mol. The van der Waals surface area contributed by atoms with Crippen molar-refractivity contribution in [2.45, 2.75) is 18.2 Å². The summed E-state index contributed by atoms with van der Waals surface area (Å²) >= 11 is 0. The first-order chi connectivity index (χ1) is 17.2. The molecule has 0 saturated heterocycles. The van der Waals surface area contributed by atoms with Crippen LogP contribution >= 0.6 is 0 Å². The maximum absolute atomic E-state index is 12.6. The van der Waals surface area contributed by atoms with Crippen molar-refractivity contribution in [3.63, 3.8) is 0 Å². The van der Waals surface area contributed by atoms with Gasteiger partial charge in [-0.1, -0.05) is 12.1 Å². The normalized spacial score (nSPS) is 10.8. The number of esters is 1. The zero-order chi connectivity index (χ0) is 26.1. The average molecular weight is 512 g/mol. The van der Waals surface area contributed by atoms with Gasteiger partial charge in [0.2, 0.25) is 0 Å². The molecule has 0 aliphatic heterocycles. The number of sulfonamides is 1. The minimum atomic E-state index is -4.20. The average Bonchev–Trinajstić information content (AvgIpc) is 2.89. The third-order valence-corrected chi connectivity index (χ3v) is 6.37. The van der Waals surface area contributed by atoms with E-state index in [9.17, 15) is 22.8 Å². The van der Waals surface area contributed by atoms with Gasteiger partial charge in [0.1, 0.15) is 11.4 Å². The van der Waals surface area contributed by atoms with Crippen LogP contribution in [0.2, 0.25) is 0 Å². The van der Waals surface area contributed by atoms with Crippen LogP contribution in [0.15, 0.2) is 71.8 Å². The molecule has 2 amide bonds. The van der Waals surface area contributed by atoms with E-state index in [1.54, 1.807) is 14.0 Å². The Hall–Kier alpha value is -4.25. The molecule has 0 atom stereocenters. The van der Waals surface area contributed by atoms with E-state index >= 15 is 0 Å². The van der Waals surface area contributed by atoms with E-state index in [1.165, 1.54) is 36.4 Å². The van der Waals surface area contributed by atoms with Crippen LogP contribution in [-0.2, 0) is 21.2 Å². The number of nitrogens with one attached hydrogen (secondary N) is 2. The molecule has 1 aromatic heterocycles. The summed E-state index contributed by atoms with van der Waals surface area (Å²) in [6.45, 7) is 2.21. The van der Waals surface area contributed by atoms with Crippen molar-refractivity contribution in [3.05, 3.63) is 89.2 Å². The molecule has 1 heterocycles. The Morgan fingerprint density at radius 1 is 0.889 bits per heavy atom. The third kappa shape index (κ3) is 6.89. The van der Waals surface area contributed by atoms with E-state index in [1.807, 2.05) is 29.0 Å². The van der Waals surface area contributed by atoms with Gasteiger partial charge >= 0.3 is 5.97 Å². The molecule has 0 bridgehead atoms. The van der Waals surface area contributed by atoms with E-state index in [-0.39, 0.29) is 34.2 Å². The third-order valence-electron chi connectivity index (χ3n) is 5.02. The zero-order valence-electron chi connectivity index (χ0n) is 19.7. The highest BCUT2D eigenvalue weighted by Gasteiger charge is 2.20. The summed E-state index contributed by atoms with van der Waals surface area (Å²) in [6.07, 6.45) is 1.69. The summed E-state index contributed by atoms with van der Waals surface area (Å²) in [5, 5.41) is 2.78. The zero-order valence-corrected chi connectivity index (χ0v) is 20.5. The molecule has 0 aliphatic rings. The van der Waals surface area contributed by atoms with E-state index < -0.39 is 21.9 Å². The summed E-state index contributed by atoms with van der Waals surface area (Å²) in [5.74, 6) is -1.18. The SMILES string of the molecule is CCOC(=O)c1ccc(C(=O)NS(=O)(=O)c2ccc(C(=O)NCCc3ccc(OC)cc3)cc2)cn1. The highest BCUT2D eigenvalue weighted by molar-refractivity contribution is 7.90. The van der Waals surface area contributed by atoms with Gasteiger partial charge in [-0.05, 0) is 67.4 Å². The second kappa shape index (κ2) is 11.9. The molecule has 0 radical (unpaired) electrons. The molecule has 0 unspecified atom stereocenters. The summed E-state index contributed by atoms with van der Waals surface area (Å²) in [5.41, 5.74) is 1.24. The number of hydrogen-bond donors (Lipinski definition) is 2. The lowest BCUT2D eigenvalue weighted by Crippen LogP contribution is -2.31. The van der Waals surface area contributed by atoms with Gasteiger partial charge in [-0.25, -0.2) is 22.9 Å². The molecule has 36 heavy (non-hydrogen) atoms. The predicted molar refractivity (Wildman–Crippen MR) is 130 cm³/mol. The molecule has 3 aromatic rings. The number of aromatic nitrogens is 1. The van der Waals surface area contributed by atoms with Gasteiger partial charge in [0.25, 0.3) is 21.8 Å². The summed E-state index contributed by atoms with van der Waals surface area (Å²) in [7, 11) is -2.62. The van der Waals surface area contributed by atoms with Gasteiger partial charge in [0.15, 0.2) is 0 Å². The van der Waals surface area contributed by atoms with Gasteiger partial charge in [-0.15, -0.1) is 0 Å². The lowest BCUT2D eigenvalue weighted by molar-refractivity contribution is 0.0519. The number of benzene rings is 2. The van der Waals surface area contributed by atoms with E-state index in [0.717, 1.165) is 17.5 Å². The molecule has 0 spiro atoms. The molecule has 0 fully saturated rings. The summed E-state index contributed by atoms with van der Waals surface area (Å²) in [4.78, 5) is 40.0. The van der Waals surface area contributed by atoms with Gasteiger partial charge in [0, 0.05) is 18.3 Å². The standard InChI is InChI=1S/C25H25N3O7S/c1-3-35-25(31)22-13-8-19(16-27-22)24(30)28-36(32,33)21-11-6-18(7-12-21)23(29)26-15-14-17-4-9-20(34-2)10-5-17/h4-13,16H,3,14-15H2,1-2H3,(H,26,29)(H,28,30). The largest absolute Gasteiger partial charge is 0.497 e. The first kappa shape index (κ1) is 26.4. The molecule has 11 heteroatoms. The first-order valence-corrected chi connectivity index (χ1v) is 12.4. The van der Waals surface area contributed by atoms with Crippen LogP contribution in [0.25, 0.3) is 0 Å².